The van der Waals surface area contributed by atoms with E-state index in [9.17, 15) is 9.18 Å². The molecule has 3 aromatic rings. The molecule has 2 N–H and O–H groups in total. The number of anilines is 3. The minimum atomic E-state index is -0.491. The number of carbonyl (C=O) groups is 1. The number of fused-ring (bicyclic) bond motifs is 1. The molecule has 2 aliphatic heterocycles. The Morgan fingerprint density at radius 3 is 2.64 bits per heavy atom. The number of piperidine rings is 1. The second-order valence-electron chi connectivity index (χ2n) is 13.6. The predicted molar refractivity (Wildman–Crippen MR) is 172 cm³/mol. The van der Waals surface area contributed by atoms with E-state index in [1.165, 1.54) is 76.5 Å². The van der Waals surface area contributed by atoms with Gasteiger partial charge in [-0.05, 0) is 99.7 Å². The van der Waals surface area contributed by atoms with Gasteiger partial charge in [-0.3, -0.25) is 9.69 Å². The zero-order valence-electron chi connectivity index (χ0n) is 25.2. The van der Waals surface area contributed by atoms with Gasteiger partial charge in [-0.25, -0.2) is 14.4 Å². The molecule has 1 aromatic heterocycles. The summed E-state index contributed by atoms with van der Waals surface area (Å²) in [6.07, 6.45) is 13.9. The minimum Gasteiger partial charge on any atom is -0.491 e. The lowest BCUT2D eigenvalue weighted by Crippen LogP contribution is -2.59. The lowest BCUT2D eigenvalue weighted by atomic mass is 9.58. The van der Waals surface area contributed by atoms with Crippen LogP contribution < -0.4 is 15.4 Å². The Labute approximate surface area is 263 Å². The number of likely N-dealkylation sites (tertiary alicyclic amines) is 2. The molecule has 4 aliphatic rings. The van der Waals surface area contributed by atoms with Crippen LogP contribution in [0.1, 0.15) is 44.9 Å². The van der Waals surface area contributed by atoms with Gasteiger partial charge in [0.05, 0.1) is 22.8 Å². The number of amides is 1. The molecule has 0 bridgehead atoms. The molecule has 44 heavy (non-hydrogen) atoms. The molecule has 2 aliphatic carbocycles. The van der Waals surface area contributed by atoms with Crippen molar-refractivity contribution in [1.29, 1.82) is 0 Å². The van der Waals surface area contributed by atoms with Crippen LogP contribution in [0.2, 0.25) is 5.02 Å². The molecule has 4 fully saturated rings. The van der Waals surface area contributed by atoms with Gasteiger partial charge in [-0.2, -0.15) is 0 Å². The van der Waals surface area contributed by atoms with Crippen molar-refractivity contribution < 1.29 is 13.9 Å². The number of aromatic nitrogens is 2. The first-order valence-electron chi connectivity index (χ1n) is 15.8. The maximum Gasteiger partial charge on any atom is 0.248 e. The quantitative estimate of drug-likeness (QED) is 0.260. The van der Waals surface area contributed by atoms with E-state index in [1.54, 1.807) is 12.1 Å². The van der Waals surface area contributed by atoms with Gasteiger partial charge in [-0.15, -0.1) is 0 Å². The average molecular weight is 619 g/mol. The summed E-state index contributed by atoms with van der Waals surface area (Å²) in [4.78, 5) is 26.8. The van der Waals surface area contributed by atoms with Crippen molar-refractivity contribution in [2.75, 3.05) is 57.0 Å². The summed E-state index contributed by atoms with van der Waals surface area (Å²) in [6, 6.07) is 8.12. The Morgan fingerprint density at radius 1 is 1.11 bits per heavy atom. The van der Waals surface area contributed by atoms with Crippen molar-refractivity contribution in [2.24, 2.45) is 16.7 Å². The summed E-state index contributed by atoms with van der Waals surface area (Å²) in [5.74, 6) is 0.904. The van der Waals surface area contributed by atoms with Gasteiger partial charge in [-0.1, -0.05) is 24.1 Å². The van der Waals surface area contributed by atoms with E-state index in [0.717, 1.165) is 19.6 Å². The van der Waals surface area contributed by atoms with Gasteiger partial charge < -0.3 is 20.3 Å². The average Bonchev–Trinajstić information content (AvgIpc) is 2.94. The molecule has 2 aromatic carbocycles. The second-order valence-corrected chi connectivity index (χ2v) is 14.1. The fourth-order valence-corrected chi connectivity index (χ4v) is 7.79. The molecule has 7 rings (SSSR count). The molecule has 10 heteroatoms. The molecule has 3 heterocycles. The molecule has 2 spiro atoms. The number of ether oxygens (including phenoxy) is 1. The summed E-state index contributed by atoms with van der Waals surface area (Å²) >= 11 is 6.01. The highest BCUT2D eigenvalue weighted by Crippen LogP contribution is 2.52. The molecule has 0 atom stereocenters. The molecule has 2 saturated carbocycles. The highest BCUT2D eigenvalue weighted by atomic mass is 35.5. The van der Waals surface area contributed by atoms with Crippen LogP contribution in [0.5, 0.6) is 5.75 Å². The van der Waals surface area contributed by atoms with Gasteiger partial charge in [0.1, 0.15) is 23.7 Å². The first kappa shape index (κ1) is 29.4. The van der Waals surface area contributed by atoms with Crippen LogP contribution in [-0.2, 0) is 4.79 Å². The number of hydrogen-bond donors (Lipinski definition) is 2. The fourth-order valence-electron chi connectivity index (χ4n) is 7.61. The number of carbonyl (C=O) groups excluding carboxylic acids is 1. The van der Waals surface area contributed by atoms with Crippen LogP contribution in [0.25, 0.3) is 10.9 Å². The molecular formula is C34H40ClFN6O2. The normalized spacial score (nSPS) is 21.2. The van der Waals surface area contributed by atoms with Crippen LogP contribution >= 0.6 is 11.6 Å². The van der Waals surface area contributed by atoms with Gasteiger partial charge in [0.2, 0.25) is 5.91 Å². The SMILES string of the molecule is CN1CCC2(CC1)CC(COc1cc3ncnc(Nc4ccc(F)c(Cl)c4)c3cc1NC(=O)C=CCN1CC3(CCC3)C1)C2. The number of nitrogens with zero attached hydrogens (tertiary/aromatic N) is 4. The fraction of sp³-hybridized carbons (Fsp3) is 0.500. The van der Waals surface area contributed by atoms with Crippen molar-refractivity contribution in [3.63, 3.8) is 0 Å². The van der Waals surface area contributed by atoms with Crippen molar-refractivity contribution in [2.45, 2.75) is 44.9 Å². The molecule has 8 nitrogen and oxygen atoms in total. The molecule has 0 radical (unpaired) electrons. The largest absolute Gasteiger partial charge is 0.491 e. The van der Waals surface area contributed by atoms with Gasteiger partial charge in [0.15, 0.2) is 0 Å². The third kappa shape index (κ3) is 6.14. The molecule has 0 unspecified atom stereocenters. The highest BCUT2D eigenvalue weighted by Gasteiger charge is 2.47. The topological polar surface area (TPSA) is 82.6 Å². The van der Waals surface area contributed by atoms with Crippen LogP contribution in [0, 0.1) is 22.6 Å². The highest BCUT2D eigenvalue weighted by molar-refractivity contribution is 6.31. The zero-order chi connectivity index (χ0) is 30.3. The van der Waals surface area contributed by atoms with E-state index in [4.69, 9.17) is 16.3 Å². The van der Waals surface area contributed by atoms with Gasteiger partial charge in [0, 0.05) is 42.9 Å². The summed E-state index contributed by atoms with van der Waals surface area (Å²) in [7, 11) is 2.20. The molecule has 1 amide bonds. The predicted octanol–water partition coefficient (Wildman–Crippen LogP) is 6.65. The number of benzene rings is 2. The maximum atomic E-state index is 13.7. The number of nitrogens with one attached hydrogen (secondary N) is 2. The standard InChI is InChI=1S/C34H40ClFN6O2/c1-41-12-9-33(10-13-41)17-23(18-33)19-44-30-16-28-25(32(38-22-37-28)39-24-5-6-27(36)26(35)14-24)15-29(30)40-31(43)4-2-11-42-20-34(21-42)7-3-8-34/h2,4-6,14-16,22-23H,3,7-13,17-21H2,1H3,(H,40,43)(H,37,38,39). The Kier molecular flexibility index (Phi) is 7.97. The van der Waals surface area contributed by atoms with E-state index in [0.29, 0.717) is 57.2 Å². The second kappa shape index (κ2) is 11.9. The van der Waals surface area contributed by atoms with E-state index in [-0.39, 0.29) is 10.9 Å². The zero-order valence-corrected chi connectivity index (χ0v) is 26.0. The van der Waals surface area contributed by atoms with Crippen LogP contribution in [0.15, 0.2) is 48.8 Å². The number of hydrogen-bond acceptors (Lipinski definition) is 7. The van der Waals surface area contributed by atoms with Crippen molar-refractivity contribution in [3.05, 3.63) is 59.7 Å². The van der Waals surface area contributed by atoms with E-state index in [1.807, 2.05) is 18.2 Å². The maximum absolute atomic E-state index is 13.7. The number of halogens is 2. The minimum absolute atomic E-state index is 0.0166. The van der Waals surface area contributed by atoms with E-state index < -0.39 is 5.82 Å². The van der Waals surface area contributed by atoms with Gasteiger partial charge in [0.25, 0.3) is 0 Å². The Bertz CT molecular complexity index is 1570. The van der Waals surface area contributed by atoms with Crippen LogP contribution in [0.4, 0.5) is 21.6 Å². The van der Waals surface area contributed by atoms with E-state index >= 15 is 0 Å². The lowest BCUT2D eigenvalue weighted by molar-refractivity contribution is -0.112. The Morgan fingerprint density at radius 2 is 1.91 bits per heavy atom. The smallest absolute Gasteiger partial charge is 0.248 e. The Hall–Kier alpha value is -3.27. The third-order valence-corrected chi connectivity index (χ3v) is 10.6. The number of rotatable bonds is 9. The lowest BCUT2D eigenvalue weighted by Gasteiger charge is -2.56. The van der Waals surface area contributed by atoms with E-state index in [2.05, 4.69) is 37.4 Å². The first-order chi connectivity index (χ1) is 21.3. The molecular weight excluding hydrogens is 579 g/mol. The van der Waals surface area contributed by atoms with Crippen LogP contribution in [-0.4, -0.2) is 72.1 Å². The summed E-state index contributed by atoms with van der Waals surface area (Å²) < 4.78 is 20.2. The van der Waals surface area contributed by atoms with Crippen LogP contribution in [0.3, 0.4) is 0 Å². The molecule has 232 valence electrons. The molecule has 2 saturated heterocycles. The summed E-state index contributed by atoms with van der Waals surface area (Å²) in [5.41, 5.74) is 2.86. The van der Waals surface area contributed by atoms with Crippen molar-refractivity contribution in [1.82, 2.24) is 19.8 Å². The van der Waals surface area contributed by atoms with Crippen molar-refractivity contribution in [3.8, 4) is 5.75 Å². The first-order valence-corrected chi connectivity index (χ1v) is 16.2. The Balaban J connectivity index is 1.07. The monoisotopic (exact) mass is 618 g/mol. The van der Waals surface area contributed by atoms with Gasteiger partial charge >= 0.3 is 0 Å². The third-order valence-electron chi connectivity index (χ3n) is 10.3. The summed E-state index contributed by atoms with van der Waals surface area (Å²) in [6.45, 7) is 5.98. The summed E-state index contributed by atoms with van der Waals surface area (Å²) in [5, 5.41) is 6.98. The van der Waals surface area contributed by atoms with Crippen molar-refractivity contribution >= 4 is 45.6 Å².